The Morgan fingerprint density at radius 3 is 2.73 bits per heavy atom. The number of amides is 1. The molecule has 0 aliphatic rings. The number of benzene rings is 1. The fraction of sp³-hybridized carbons (Fsp3) is 0.562. The van der Waals surface area contributed by atoms with Gasteiger partial charge < -0.3 is 10.1 Å². The predicted molar refractivity (Wildman–Crippen MR) is 84.9 cm³/mol. The van der Waals surface area contributed by atoms with E-state index in [9.17, 15) is 14.9 Å². The summed E-state index contributed by atoms with van der Waals surface area (Å²) < 4.78 is 5.05. The highest BCUT2D eigenvalue weighted by molar-refractivity contribution is 5.66. The number of nitrogens with one attached hydrogen (secondary N) is 1. The first kappa shape index (κ1) is 17.9. The summed E-state index contributed by atoms with van der Waals surface area (Å²) in [6.07, 6.45) is 5.06. The number of ether oxygens (including phenoxy) is 1. The molecule has 0 aromatic heterocycles. The van der Waals surface area contributed by atoms with Gasteiger partial charge in [0.25, 0.3) is 5.69 Å². The van der Waals surface area contributed by atoms with Crippen LogP contribution in [-0.4, -0.2) is 24.2 Å². The third kappa shape index (κ3) is 7.06. The highest BCUT2D eigenvalue weighted by Gasteiger charge is 2.11. The van der Waals surface area contributed by atoms with Crippen LogP contribution in [0.1, 0.15) is 44.6 Å². The van der Waals surface area contributed by atoms with Crippen molar-refractivity contribution in [3.05, 3.63) is 39.9 Å². The van der Waals surface area contributed by atoms with Gasteiger partial charge in [-0.3, -0.25) is 10.1 Å². The number of unbranched alkanes of at least 4 members (excludes halogenated alkanes) is 3. The van der Waals surface area contributed by atoms with E-state index in [1.54, 1.807) is 18.2 Å². The molecule has 0 bridgehead atoms. The summed E-state index contributed by atoms with van der Waals surface area (Å²) in [5.74, 6) is 0. The molecule has 6 heteroatoms. The number of nitrogens with zero attached hydrogens (tertiary/aromatic N) is 1. The lowest BCUT2D eigenvalue weighted by molar-refractivity contribution is -0.385. The molecule has 0 atom stereocenters. The van der Waals surface area contributed by atoms with E-state index >= 15 is 0 Å². The summed E-state index contributed by atoms with van der Waals surface area (Å²) in [7, 11) is 0. The number of carbonyl (C=O) groups excluding carboxylic acids is 1. The Hall–Kier alpha value is -2.11. The number of rotatable bonds is 10. The van der Waals surface area contributed by atoms with Gasteiger partial charge >= 0.3 is 6.09 Å². The molecule has 1 amide bonds. The first-order valence-electron chi connectivity index (χ1n) is 7.78. The van der Waals surface area contributed by atoms with E-state index in [1.807, 2.05) is 0 Å². The Labute approximate surface area is 131 Å². The molecule has 22 heavy (non-hydrogen) atoms. The first-order chi connectivity index (χ1) is 10.6. The lowest BCUT2D eigenvalue weighted by Crippen LogP contribution is -2.25. The molecule has 0 spiro atoms. The average Bonchev–Trinajstić information content (AvgIpc) is 2.51. The summed E-state index contributed by atoms with van der Waals surface area (Å²) in [4.78, 5) is 21.9. The lowest BCUT2D eigenvalue weighted by atomic mass is 10.1. The van der Waals surface area contributed by atoms with Crippen LogP contribution in [0.15, 0.2) is 24.3 Å². The third-order valence-electron chi connectivity index (χ3n) is 3.31. The molecule has 0 saturated carbocycles. The van der Waals surface area contributed by atoms with Crippen molar-refractivity contribution in [2.75, 3.05) is 13.2 Å². The molecule has 1 N–H and O–H groups in total. The summed E-state index contributed by atoms with van der Waals surface area (Å²) in [6, 6.07) is 6.63. The van der Waals surface area contributed by atoms with E-state index < -0.39 is 6.09 Å². The van der Waals surface area contributed by atoms with Crippen molar-refractivity contribution in [3.63, 3.8) is 0 Å². The second kappa shape index (κ2) is 10.6. The van der Waals surface area contributed by atoms with Gasteiger partial charge in [-0.05, 0) is 19.3 Å². The van der Waals surface area contributed by atoms with Crippen molar-refractivity contribution in [1.29, 1.82) is 0 Å². The number of alkyl carbamates (subject to hydrolysis) is 1. The van der Waals surface area contributed by atoms with E-state index in [1.165, 1.54) is 12.5 Å². The van der Waals surface area contributed by atoms with Crippen LogP contribution in [-0.2, 0) is 11.2 Å². The van der Waals surface area contributed by atoms with Gasteiger partial charge in [-0.1, -0.05) is 44.4 Å². The lowest BCUT2D eigenvalue weighted by Gasteiger charge is -2.07. The van der Waals surface area contributed by atoms with Crippen molar-refractivity contribution >= 4 is 11.8 Å². The van der Waals surface area contributed by atoms with Crippen molar-refractivity contribution in [2.45, 2.75) is 45.4 Å². The topological polar surface area (TPSA) is 81.5 Å². The average molecular weight is 308 g/mol. The number of para-hydroxylation sites is 1. The number of nitro groups is 1. The normalized spacial score (nSPS) is 10.2. The minimum absolute atomic E-state index is 0.114. The van der Waals surface area contributed by atoms with E-state index in [0.29, 0.717) is 24.9 Å². The van der Waals surface area contributed by atoms with E-state index in [-0.39, 0.29) is 17.2 Å². The summed E-state index contributed by atoms with van der Waals surface area (Å²) in [5, 5.41) is 13.6. The van der Waals surface area contributed by atoms with Gasteiger partial charge in [0.2, 0.25) is 0 Å². The van der Waals surface area contributed by atoms with Crippen LogP contribution in [0.3, 0.4) is 0 Å². The summed E-state index contributed by atoms with van der Waals surface area (Å²) >= 11 is 0. The Morgan fingerprint density at radius 1 is 1.23 bits per heavy atom. The van der Waals surface area contributed by atoms with Gasteiger partial charge in [0.05, 0.1) is 11.5 Å². The summed E-state index contributed by atoms with van der Waals surface area (Å²) in [5.41, 5.74) is 0.777. The molecule has 0 unspecified atom stereocenters. The predicted octanol–water partition coefficient (Wildman–Crippen LogP) is 3.83. The van der Waals surface area contributed by atoms with Crippen LogP contribution in [0.4, 0.5) is 10.5 Å². The fourth-order valence-corrected chi connectivity index (χ4v) is 2.12. The van der Waals surface area contributed by atoms with Gasteiger partial charge in [-0.25, -0.2) is 4.79 Å². The molecule has 0 aliphatic carbocycles. The zero-order chi connectivity index (χ0) is 16.2. The smallest absolute Gasteiger partial charge is 0.407 e. The van der Waals surface area contributed by atoms with Gasteiger partial charge in [0.1, 0.15) is 0 Å². The van der Waals surface area contributed by atoms with Crippen molar-refractivity contribution in [1.82, 2.24) is 5.32 Å². The van der Waals surface area contributed by atoms with Gasteiger partial charge in [-0.15, -0.1) is 0 Å². The maximum Gasteiger partial charge on any atom is 0.407 e. The first-order valence-corrected chi connectivity index (χ1v) is 7.78. The molecule has 1 aromatic carbocycles. The SMILES string of the molecule is CCCCCCNC(=O)OCCCc1ccccc1[N+](=O)[O-]. The molecular weight excluding hydrogens is 284 g/mol. The number of aryl methyl sites for hydroxylation is 1. The van der Waals surface area contributed by atoms with Gasteiger partial charge in [0.15, 0.2) is 0 Å². The van der Waals surface area contributed by atoms with Crippen LogP contribution < -0.4 is 5.32 Å². The largest absolute Gasteiger partial charge is 0.450 e. The van der Waals surface area contributed by atoms with Crippen molar-refractivity contribution in [3.8, 4) is 0 Å². The zero-order valence-corrected chi connectivity index (χ0v) is 13.0. The highest BCUT2D eigenvalue weighted by atomic mass is 16.6. The molecule has 6 nitrogen and oxygen atoms in total. The third-order valence-corrected chi connectivity index (χ3v) is 3.31. The number of hydrogen-bond acceptors (Lipinski definition) is 4. The van der Waals surface area contributed by atoms with Crippen LogP contribution in [0.25, 0.3) is 0 Å². The highest BCUT2D eigenvalue weighted by Crippen LogP contribution is 2.18. The Balaban J connectivity index is 2.17. The molecular formula is C16H24N2O4. The monoisotopic (exact) mass is 308 g/mol. The van der Waals surface area contributed by atoms with Crippen molar-refractivity contribution < 1.29 is 14.5 Å². The molecule has 0 fully saturated rings. The van der Waals surface area contributed by atoms with E-state index in [4.69, 9.17) is 4.74 Å². The second-order valence-corrected chi connectivity index (χ2v) is 5.11. The quantitative estimate of drug-likeness (QED) is 0.404. The second-order valence-electron chi connectivity index (χ2n) is 5.11. The Bertz CT molecular complexity index is 477. The van der Waals surface area contributed by atoms with Gasteiger partial charge in [0, 0.05) is 18.2 Å². The minimum atomic E-state index is -0.418. The molecule has 0 radical (unpaired) electrons. The minimum Gasteiger partial charge on any atom is -0.450 e. The van der Waals surface area contributed by atoms with Crippen LogP contribution in [0.5, 0.6) is 0 Å². The number of nitro benzene ring substituents is 1. The molecule has 1 aromatic rings. The molecule has 0 aliphatic heterocycles. The maximum atomic E-state index is 11.4. The van der Waals surface area contributed by atoms with Crippen LogP contribution in [0, 0.1) is 10.1 Å². The van der Waals surface area contributed by atoms with E-state index in [2.05, 4.69) is 12.2 Å². The van der Waals surface area contributed by atoms with Gasteiger partial charge in [-0.2, -0.15) is 0 Å². The van der Waals surface area contributed by atoms with Crippen LogP contribution in [0.2, 0.25) is 0 Å². The Kier molecular flexibility index (Phi) is 8.64. The summed E-state index contributed by atoms with van der Waals surface area (Å²) in [6.45, 7) is 3.02. The molecule has 0 heterocycles. The number of hydrogen-bond donors (Lipinski definition) is 1. The number of carbonyl (C=O) groups is 1. The standard InChI is InChI=1S/C16H24N2O4/c1-2-3-4-7-12-17-16(19)22-13-8-10-14-9-5-6-11-15(14)18(20)21/h5-6,9,11H,2-4,7-8,10,12-13H2,1H3,(H,17,19). The van der Waals surface area contributed by atoms with Crippen LogP contribution >= 0.6 is 0 Å². The Morgan fingerprint density at radius 2 is 2.00 bits per heavy atom. The molecule has 1 rings (SSSR count). The maximum absolute atomic E-state index is 11.4. The van der Waals surface area contributed by atoms with Crippen molar-refractivity contribution in [2.24, 2.45) is 0 Å². The van der Waals surface area contributed by atoms with E-state index in [0.717, 1.165) is 19.3 Å². The fourth-order valence-electron chi connectivity index (χ4n) is 2.12. The molecule has 0 saturated heterocycles. The molecule has 122 valence electrons. The zero-order valence-electron chi connectivity index (χ0n) is 13.0.